The largest absolute Gasteiger partial charge is 0.497 e. The van der Waals surface area contributed by atoms with Gasteiger partial charge in [-0.2, -0.15) is 0 Å². The number of aliphatic imine (C=N–C) groups is 1. The Labute approximate surface area is 176 Å². The fourth-order valence-corrected chi connectivity index (χ4v) is 4.59. The number of hydrogen-bond donors (Lipinski definition) is 2. The lowest BCUT2D eigenvalue weighted by Gasteiger charge is -2.35. The molecule has 4 rings (SSSR count). The molecule has 28 heavy (non-hydrogen) atoms. The molecule has 2 heterocycles. The Morgan fingerprint density at radius 1 is 1.32 bits per heavy atom. The van der Waals surface area contributed by atoms with Crippen molar-refractivity contribution in [1.29, 1.82) is 0 Å². The first-order valence-electron chi connectivity index (χ1n) is 8.77. The average Bonchev–Trinajstić information content (AvgIpc) is 3.02. The second-order valence-electron chi connectivity index (χ2n) is 6.64. The SMILES string of the molecule is COc1ccc(C2(c3cccc(Br)c3)NC(=S)N3C2=NCC[C@H]3C(=O)O)cc1. The van der Waals surface area contributed by atoms with Crippen LogP contribution in [0.2, 0.25) is 0 Å². The Kier molecular flexibility index (Phi) is 4.84. The minimum Gasteiger partial charge on any atom is -0.497 e. The van der Waals surface area contributed by atoms with Gasteiger partial charge in [0.15, 0.2) is 5.11 Å². The summed E-state index contributed by atoms with van der Waals surface area (Å²) in [6, 6.07) is 14.8. The fraction of sp³-hybridized carbons (Fsp3) is 0.250. The molecule has 2 aliphatic rings. The van der Waals surface area contributed by atoms with E-state index in [4.69, 9.17) is 21.9 Å². The van der Waals surface area contributed by atoms with Crippen LogP contribution in [0.4, 0.5) is 0 Å². The number of nitrogens with one attached hydrogen (secondary N) is 1. The molecular weight excluding hydrogens is 442 g/mol. The number of carboxylic acid groups (broad SMARTS) is 1. The standard InChI is InChI=1S/C20H18BrN3O3S/c1-27-15-7-5-12(6-8-15)20(13-3-2-4-14(21)11-13)18-22-10-9-16(17(25)26)24(18)19(28)23-20/h2-8,11,16H,9-10H2,1H3,(H,23,28)(H,25,26)/t16-,20?/m0/s1. The first kappa shape index (κ1) is 18.9. The maximum Gasteiger partial charge on any atom is 0.326 e. The molecule has 144 valence electrons. The van der Waals surface area contributed by atoms with E-state index in [-0.39, 0.29) is 0 Å². The number of carbonyl (C=O) groups is 1. The maximum absolute atomic E-state index is 11.9. The molecule has 2 aromatic carbocycles. The normalized spacial score (nSPS) is 23.6. The quantitative estimate of drug-likeness (QED) is 0.684. The van der Waals surface area contributed by atoms with Gasteiger partial charge in [0.25, 0.3) is 0 Å². The Morgan fingerprint density at radius 3 is 2.71 bits per heavy atom. The predicted molar refractivity (Wildman–Crippen MR) is 114 cm³/mol. The van der Waals surface area contributed by atoms with E-state index in [2.05, 4.69) is 21.2 Å². The monoisotopic (exact) mass is 459 g/mol. The van der Waals surface area contributed by atoms with Crippen molar-refractivity contribution in [2.45, 2.75) is 18.0 Å². The van der Waals surface area contributed by atoms with Crippen LogP contribution < -0.4 is 10.1 Å². The number of nitrogens with zero attached hydrogens (tertiary/aromatic N) is 2. The Bertz CT molecular complexity index is 979. The van der Waals surface area contributed by atoms with Crippen LogP contribution in [0.5, 0.6) is 5.75 Å². The zero-order valence-electron chi connectivity index (χ0n) is 15.1. The highest BCUT2D eigenvalue weighted by atomic mass is 79.9. The lowest BCUT2D eigenvalue weighted by molar-refractivity contribution is -0.141. The number of amidine groups is 1. The summed E-state index contributed by atoms with van der Waals surface area (Å²) in [7, 11) is 1.62. The number of thiocarbonyl (C=S) groups is 1. The summed E-state index contributed by atoms with van der Waals surface area (Å²) >= 11 is 9.12. The number of halogens is 1. The van der Waals surface area contributed by atoms with Crippen LogP contribution in [-0.4, -0.2) is 46.6 Å². The minimum absolute atomic E-state index is 0.363. The molecule has 6 nitrogen and oxygen atoms in total. The van der Waals surface area contributed by atoms with E-state index in [0.29, 0.717) is 23.9 Å². The molecule has 0 bridgehead atoms. The first-order valence-corrected chi connectivity index (χ1v) is 9.97. The van der Waals surface area contributed by atoms with E-state index in [1.807, 2.05) is 48.5 Å². The summed E-state index contributed by atoms with van der Waals surface area (Å²) in [5, 5.41) is 13.5. The van der Waals surface area contributed by atoms with Crippen molar-refractivity contribution in [2.24, 2.45) is 4.99 Å². The highest BCUT2D eigenvalue weighted by molar-refractivity contribution is 9.10. The van der Waals surface area contributed by atoms with Crippen LogP contribution in [0.25, 0.3) is 0 Å². The van der Waals surface area contributed by atoms with Crippen LogP contribution in [0, 0.1) is 0 Å². The van der Waals surface area contributed by atoms with Gasteiger partial charge in [-0.15, -0.1) is 0 Å². The third-order valence-corrected chi connectivity index (χ3v) is 5.91. The summed E-state index contributed by atoms with van der Waals surface area (Å²) in [6.45, 7) is 0.430. The van der Waals surface area contributed by atoms with Crippen molar-refractivity contribution in [1.82, 2.24) is 10.2 Å². The third kappa shape index (κ3) is 2.87. The number of rotatable bonds is 4. The molecule has 0 aromatic heterocycles. The molecule has 0 amide bonds. The highest BCUT2D eigenvalue weighted by Crippen LogP contribution is 2.40. The van der Waals surface area contributed by atoms with Crippen molar-refractivity contribution in [3.63, 3.8) is 0 Å². The van der Waals surface area contributed by atoms with Crippen LogP contribution in [-0.2, 0) is 10.3 Å². The van der Waals surface area contributed by atoms with Gasteiger partial charge in [0.2, 0.25) is 0 Å². The molecule has 0 radical (unpaired) electrons. The smallest absolute Gasteiger partial charge is 0.326 e. The number of aliphatic carboxylic acids is 1. The minimum atomic E-state index is -0.906. The van der Waals surface area contributed by atoms with Crippen molar-refractivity contribution in [3.05, 3.63) is 64.1 Å². The van der Waals surface area contributed by atoms with Crippen molar-refractivity contribution < 1.29 is 14.6 Å². The number of fused-ring (bicyclic) bond motifs is 1. The van der Waals surface area contributed by atoms with Gasteiger partial charge in [0.1, 0.15) is 23.2 Å². The molecule has 8 heteroatoms. The Morgan fingerprint density at radius 2 is 2.07 bits per heavy atom. The number of carboxylic acids is 1. The van der Waals surface area contributed by atoms with E-state index in [1.54, 1.807) is 12.0 Å². The van der Waals surface area contributed by atoms with Gasteiger partial charge in [-0.05, 0) is 54.0 Å². The first-order chi connectivity index (χ1) is 13.5. The maximum atomic E-state index is 11.9. The third-order valence-electron chi connectivity index (χ3n) is 5.12. The summed E-state index contributed by atoms with van der Waals surface area (Å²) in [5.41, 5.74) is 0.948. The fourth-order valence-electron chi connectivity index (χ4n) is 3.83. The average molecular weight is 460 g/mol. The molecule has 1 unspecified atom stereocenters. The second-order valence-corrected chi connectivity index (χ2v) is 7.94. The Balaban J connectivity index is 1.95. The van der Waals surface area contributed by atoms with Crippen molar-refractivity contribution in [2.75, 3.05) is 13.7 Å². The molecule has 0 spiro atoms. The van der Waals surface area contributed by atoms with Gasteiger partial charge in [-0.25, -0.2) is 4.79 Å². The van der Waals surface area contributed by atoms with E-state index < -0.39 is 17.6 Å². The van der Waals surface area contributed by atoms with Crippen LogP contribution in [0.15, 0.2) is 58.0 Å². The topological polar surface area (TPSA) is 74.2 Å². The van der Waals surface area contributed by atoms with Gasteiger partial charge in [0, 0.05) is 11.0 Å². The number of hydrogen-bond acceptors (Lipinski definition) is 4. The molecule has 0 saturated carbocycles. The molecule has 2 atom stereocenters. The van der Waals surface area contributed by atoms with Gasteiger partial charge >= 0.3 is 5.97 Å². The van der Waals surface area contributed by atoms with Crippen LogP contribution in [0.3, 0.4) is 0 Å². The molecule has 2 aliphatic heterocycles. The van der Waals surface area contributed by atoms with Gasteiger partial charge in [-0.1, -0.05) is 40.2 Å². The number of benzene rings is 2. The zero-order chi connectivity index (χ0) is 19.9. The van der Waals surface area contributed by atoms with E-state index in [0.717, 1.165) is 21.3 Å². The highest BCUT2D eigenvalue weighted by Gasteiger charge is 2.54. The zero-order valence-corrected chi connectivity index (χ0v) is 17.5. The van der Waals surface area contributed by atoms with E-state index >= 15 is 0 Å². The summed E-state index contributed by atoms with van der Waals surface area (Å²) < 4.78 is 6.21. The predicted octanol–water partition coefficient (Wildman–Crippen LogP) is 3.15. The van der Waals surface area contributed by atoms with E-state index in [1.165, 1.54) is 0 Å². The lowest BCUT2D eigenvalue weighted by atomic mass is 9.81. The van der Waals surface area contributed by atoms with E-state index in [9.17, 15) is 9.90 Å². The van der Waals surface area contributed by atoms with Crippen molar-refractivity contribution >= 4 is 45.1 Å². The van der Waals surface area contributed by atoms with Crippen LogP contribution in [0.1, 0.15) is 17.5 Å². The summed E-state index contributed by atoms with van der Waals surface area (Å²) in [5.74, 6) is 0.440. The summed E-state index contributed by atoms with van der Waals surface area (Å²) in [6.07, 6.45) is 0.415. The molecule has 1 fully saturated rings. The van der Waals surface area contributed by atoms with Crippen LogP contribution >= 0.6 is 28.1 Å². The van der Waals surface area contributed by atoms with Gasteiger partial charge in [0.05, 0.1) is 7.11 Å². The molecule has 2 aromatic rings. The second kappa shape index (κ2) is 7.18. The van der Waals surface area contributed by atoms with Crippen molar-refractivity contribution in [3.8, 4) is 5.75 Å². The van der Waals surface area contributed by atoms with Gasteiger partial charge < -0.3 is 15.2 Å². The number of ether oxygens (including phenoxy) is 1. The summed E-state index contributed by atoms with van der Waals surface area (Å²) in [4.78, 5) is 18.2. The molecule has 0 aliphatic carbocycles. The Hall–Kier alpha value is -2.45. The molecule has 2 N–H and O–H groups in total. The van der Waals surface area contributed by atoms with Gasteiger partial charge in [-0.3, -0.25) is 9.89 Å². The number of methoxy groups -OCH3 is 1. The lowest BCUT2D eigenvalue weighted by Crippen LogP contribution is -2.51. The molecular formula is C20H18BrN3O3S. The molecule has 1 saturated heterocycles.